The minimum absolute atomic E-state index is 0.0545. The van der Waals surface area contributed by atoms with Crippen molar-refractivity contribution in [3.63, 3.8) is 0 Å². The van der Waals surface area contributed by atoms with Gasteiger partial charge in [0, 0.05) is 26.7 Å². The third-order valence-corrected chi connectivity index (χ3v) is 3.25. The first kappa shape index (κ1) is 15.8. The monoisotopic (exact) mass is 301 g/mol. The van der Waals surface area contributed by atoms with E-state index in [0.717, 1.165) is 5.56 Å². The van der Waals surface area contributed by atoms with E-state index in [0.29, 0.717) is 11.3 Å². The molecule has 1 aromatic heterocycles. The Bertz CT molecular complexity index is 663. The molecule has 1 amide bonds. The van der Waals surface area contributed by atoms with E-state index in [2.05, 4.69) is 5.10 Å². The summed E-state index contributed by atoms with van der Waals surface area (Å²) in [6, 6.07) is 9.51. The van der Waals surface area contributed by atoms with Gasteiger partial charge in [0.2, 0.25) is 5.91 Å². The van der Waals surface area contributed by atoms with Crippen LogP contribution in [0.5, 0.6) is 0 Å². The molecule has 0 saturated heterocycles. The summed E-state index contributed by atoms with van der Waals surface area (Å²) in [5.74, 6) is -0.555. The molecule has 0 atom stereocenters. The number of rotatable bonds is 5. The van der Waals surface area contributed by atoms with Gasteiger partial charge in [-0.3, -0.25) is 9.48 Å². The number of aryl methyl sites for hydroxylation is 1. The topological polar surface area (TPSA) is 64.4 Å². The van der Waals surface area contributed by atoms with Crippen molar-refractivity contribution in [3.8, 4) is 11.3 Å². The number of ether oxygens (including phenoxy) is 1. The smallest absolute Gasteiger partial charge is 0.342 e. The van der Waals surface area contributed by atoms with E-state index >= 15 is 0 Å². The maximum atomic E-state index is 12.2. The molecule has 0 bridgehead atoms. The highest BCUT2D eigenvalue weighted by Crippen LogP contribution is 2.23. The zero-order chi connectivity index (χ0) is 16.1. The van der Waals surface area contributed by atoms with Gasteiger partial charge in [0.05, 0.1) is 18.3 Å². The number of nitrogens with zero attached hydrogens (tertiary/aromatic N) is 3. The summed E-state index contributed by atoms with van der Waals surface area (Å²) >= 11 is 0. The molecule has 0 fully saturated rings. The molecule has 0 N–H and O–H groups in total. The summed E-state index contributed by atoms with van der Waals surface area (Å²) in [5, 5.41) is 4.13. The van der Waals surface area contributed by atoms with Crippen molar-refractivity contribution < 1.29 is 14.3 Å². The fraction of sp³-hybridized carbons (Fsp3) is 0.312. The van der Waals surface area contributed by atoms with E-state index in [4.69, 9.17) is 4.74 Å². The van der Waals surface area contributed by atoms with E-state index in [-0.39, 0.29) is 18.9 Å². The van der Waals surface area contributed by atoms with Crippen LogP contribution in [0.3, 0.4) is 0 Å². The molecule has 0 spiro atoms. The molecule has 116 valence electrons. The standard InChI is InChI=1S/C16H19N3O3/c1-18(2)14(20)9-10-22-16(21)13-11-17-19(3)15(13)12-7-5-4-6-8-12/h4-8,11H,9-10H2,1-3H3. The van der Waals surface area contributed by atoms with Crippen molar-refractivity contribution in [1.82, 2.24) is 14.7 Å². The first-order valence-corrected chi connectivity index (χ1v) is 6.95. The van der Waals surface area contributed by atoms with Gasteiger partial charge in [-0.2, -0.15) is 5.10 Å². The van der Waals surface area contributed by atoms with Gasteiger partial charge in [0.25, 0.3) is 0 Å². The lowest BCUT2D eigenvalue weighted by Crippen LogP contribution is -2.23. The van der Waals surface area contributed by atoms with Gasteiger partial charge in [-0.05, 0) is 0 Å². The minimum Gasteiger partial charge on any atom is -0.461 e. The summed E-state index contributed by atoms with van der Waals surface area (Å²) in [7, 11) is 5.10. The van der Waals surface area contributed by atoms with E-state index in [9.17, 15) is 9.59 Å². The van der Waals surface area contributed by atoms with E-state index < -0.39 is 5.97 Å². The summed E-state index contributed by atoms with van der Waals surface area (Å²) in [5.41, 5.74) is 1.98. The van der Waals surface area contributed by atoms with Gasteiger partial charge in [-0.25, -0.2) is 4.79 Å². The number of esters is 1. The lowest BCUT2D eigenvalue weighted by atomic mass is 10.1. The lowest BCUT2D eigenvalue weighted by molar-refractivity contribution is -0.129. The molecule has 0 unspecified atom stereocenters. The van der Waals surface area contributed by atoms with Crippen LogP contribution < -0.4 is 0 Å². The third-order valence-electron chi connectivity index (χ3n) is 3.25. The Kier molecular flexibility index (Phi) is 4.93. The van der Waals surface area contributed by atoms with E-state index in [1.54, 1.807) is 25.8 Å². The van der Waals surface area contributed by atoms with Crippen molar-refractivity contribution >= 4 is 11.9 Å². The number of benzene rings is 1. The van der Waals surface area contributed by atoms with E-state index in [1.807, 2.05) is 30.3 Å². The first-order valence-electron chi connectivity index (χ1n) is 6.95. The molecule has 1 heterocycles. The highest BCUT2D eigenvalue weighted by molar-refractivity contribution is 5.96. The number of carbonyl (C=O) groups excluding carboxylic acids is 2. The summed E-state index contributed by atoms with van der Waals surface area (Å²) < 4.78 is 6.82. The number of hydrogen-bond acceptors (Lipinski definition) is 4. The number of hydrogen-bond donors (Lipinski definition) is 0. The van der Waals surface area contributed by atoms with E-state index in [1.165, 1.54) is 11.1 Å². The second-order valence-corrected chi connectivity index (χ2v) is 5.07. The Balaban J connectivity index is 2.10. The molecule has 0 radical (unpaired) electrons. The molecule has 2 rings (SSSR count). The normalized spacial score (nSPS) is 10.3. The molecule has 0 saturated carbocycles. The van der Waals surface area contributed by atoms with Crippen LogP contribution in [-0.2, 0) is 16.6 Å². The molecule has 2 aromatic rings. The average Bonchev–Trinajstić information content (AvgIpc) is 2.89. The van der Waals surface area contributed by atoms with Gasteiger partial charge < -0.3 is 9.64 Å². The molecule has 0 aliphatic rings. The Morgan fingerprint density at radius 1 is 1.23 bits per heavy atom. The number of aromatic nitrogens is 2. The predicted octanol–water partition coefficient (Wildman–Crippen LogP) is 1.72. The van der Waals surface area contributed by atoms with Gasteiger partial charge in [0.1, 0.15) is 12.2 Å². The Morgan fingerprint density at radius 3 is 2.55 bits per heavy atom. The van der Waals surface area contributed by atoms with Gasteiger partial charge >= 0.3 is 5.97 Å². The van der Waals surface area contributed by atoms with Gasteiger partial charge in [-0.15, -0.1) is 0 Å². The highest BCUT2D eigenvalue weighted by Gasteiger charge is 2.19. The largest absolute Gasteiger partial charge is 0.461 e. The molecule has 0 aliphatic heterocycles. The second-order valence-electron chi connectivity index (χ2n) is 5.07. The highest BCUT2D eigenvalue weighted by atomic mass is 16.5. The van der Waals surface area contributed by atoms with Crippen molar-refractivity contribution in [3.05, 3.63) is 42.1 Å². The van der Waals surface area contributed by atoms with Crippen LogP contribution in [0.4, 0.5) is 0 Å². The van der Waals surface area contributed by atoms with Crippen LogP contribution in [0.2, 0.25) is 0 Å². The SMILES string of the molecule is CN(C)C(=O)CCOC(=O)c1cnn(C)c1-c1ccccc1. The average molecular weight is 301 g/mol. The molecule has 6 nitrogen and oxygen atoms in total. The molecular formula is C16H19N3O3. The fourth-order valence-electron chi connectivity index (χ4n) is 2.06. The van der Waals surface area contributed by atoms with Gasteiger partial charge in [-0.1, -0.05) is 30.3 Å². The molecule has 0 aliphatic carbocycles. The predicted molar refractivity (Wildman–Crippen MR) is 82.2 cm³/mol. The van der Waals surface area contributed by atoms with Crippen LogP contribution in [0, 0.1) is 0 Å². The van der Waals surface area contributed by atoms with Crippen LogP contribution in [0.15, 0.2) is 36.5 Å². The second kappa shape index (κ2) is 6.89. The molecular weight excluding hydrogens is 282 g/mol. The van der Waals surface area contributed by atoms with Crippen LogP contribution in [-0.4, -0.2) is 47.3 Å². The molecule has 22 heavy (non-hydrogen) atoms. The Morgan fingerprint density at radius 2 is 1.91 bits per heavy atom. The molecule has 1 aromatic carbocycles. The van der Waals surface area contributed by atoms with Gasteiger partial charge in [0.15, 0.2) is 0 Å². The lowest BCUT2D eigenvalue weighted by Gasteiger charge is -2.10. The van der Waals surface area contributed by atoms with Crippen LogP contribution in [0.25, 0.3) is 11.3 Å². The van der Waals surface area contributed by atoms with Crippen molar-refractivity contribution in [2.24, 2.45) is 7.05 Å². The minimum atomic E-state index is -0.474. The summed E-state index contributed by atoms with van der Waals surface area (Å²) in [6.45, 7) is 0.0545. The summed E-state index contributed by atoms with van der Waals surface area (Å²) in [6.07, 6.45) is 1.65. The maximum Gasteiger partial charge on any atom is 0.342 e. The van der Waals surface area contributed by atoms with Crippen molar-refractivity contribution in [2.45, 2.75) is 6.42 Å². The third kappa shape index (κ3) is 3.52. The zero-order valence-corrected chi connectivity index (χ0v) is 12.9. The van der Waals surface area contributed by atoms with Crippen LogP contribution >= 0.6 is 0 Å². The quantitative estimate of drug-likeness (QED) is 0.789. The summed E-state index contributed by atoms with van der Waals surface area (Å²) in [4.78, 5) is 25.1. The zero-order valence-electron chi connectivity index (χ0n) is 12.9. The first-order chi connectivity index (χ1) is 10.5. The maximum absolute atomic E-state index is 12.2. The number of carbonyl (C=O) groups is 2. The van der Waals surface area contributed by atoms with Crippen molar-refractivity contribution in [1.29, 1.82) is 0 Å². The van der Waals surface area contributed by atoms with Crippen molar-refractivity contribution in [2.75, 3.05) is 20.7 Å². The number of amides is 1. The molecule has 6 heteroatoms. The fourth-order valence-corrected chi connectivity index (χ4v) is 2.06. The Hall–Kier alpha value is -2.63. The van der Waals surface area contributed by atoms with Crippen LogP contribution in [0.1, 0.15) is 16.8 Å². The Labute approximate surface area is 129 Å².